The molecule has 1 saturated heterocycles. The van der Waals surface area contributed by atoms with Crippen LogP contribution in [0.3, 0.4) is 0 Å². The Balaban J connectivity index is 1.80. The molecule has 0 aliphatic carbocycles. The van der Waals surface area contributed by atoms with E-state index < -0.39 is 0 Å². The van der Waals surface area contributed by atoms with E-state index in [9.17, 15) is 4.79 Å². The van der Waals surface area contributed by atoms with Gasteiger partial charge in [0.2, 0.25) is 5.91 Å². The number of piperazine rings is 1. The van der Waals surface area contributed by atoms with Gasteiger partial charge in [-0.25, -0.2) is 0 Å². The van der Waals surface area contributed by atoms with Gasteiger partial charge in [-0.05, 0) is 13.0 Å². The molecular formula is C16H25N3O2. The number of likely N-dealkylation sites (N-methyl/N-ethyl adjacent to an activating group) is 1. The van der Waals surface area contributed by atoms with Crippen molar-refractivity contribution in [3.63, 3.8) is 0 Å². The summed E-state index contributed by atoms with van der Waals surface area (Å²) in [6.45, 7) is 7.90. The van der Waals surface area contributed by atoms with Gasteiger partial charge in [-0.2, -0.15) is 0 Å². The number of hydrogen-bond donors (Lipinski definition) is 1. The van der Waals surface area contributed by atoms with Crippen molar-refractivity contribution in [1.82, 2.24) is 15.1 Å². The van der Waals surface area contributed by atoms with Gasteiger partial charge >= 0.3 is 0 Å². The van der Waals surface area contributed by atoms with E-state index >= 15 is 0 Å². The first-order valence-electron chi connectivity index (χ1n) is 7.56. The largest absolute Gasteiger partial charge is 0.496 e. The highest BCUT2D eigenvalue weighted by Gasteiger charge is 2.19. The molecule has 5 heteroatoms. The number of nitrogens with one attached hydrogen (secondary N) is 1. The van der Waals surface area contributed by atoms with Gasteiger partial charge in [-0.3, -0.25) is 14.6 Å². The van der Waals surface area contributed by atoms with E-state index in [1.54, 1.807) is 7.11 Å². The molecule has 1 heterocycles. The normalized spacial score (nSPS) is 16.7. The number of hydrogen-bond acceptors (Lipinski definition) is 4. The second-order valence-corrected chi connectivity index (χ2v) is 5.32. The Morgan fingerprint density at radius 1 is 1.19 bits per heavy atom. The molecule has 1 aromatic rings. The topological polar surface area (TPSA) is 44.8 Å². The molecule has 5 nitrogen and oxygen atoms in total. The zero-order chi connectivity index (χ0) is 15.1. The first-order chi connectivity index (χ1) is 10.2. The van der Waals surface area contributed by atoms with Gasteiger partial charge in [0.1, 0.15) is 5.75 Å². The van der Waals surface area contributed by atoms with Crippen LogP contribution in [0.2, 0.25) is 0 Å². The summed E-state index contributed by atoms with van der Waals surface area (Å²) in [5, 5.41) is 2.85. The number of rotatable bonds is 6. The molecule has 1 fully saturated rings. The minimum Gasteiger partial charge on any atom is -0.496 e. The third kappa shape index (κ3) is 4.72. The van der Waals surface area contributed by atoms with Gasteiger partial charge in [0, 0.05) is 44.8 Å². The second kappa shape index (κ2) is 8.00. The first kappa shape index (κ1) is 15.8. The van der Waals surface area contributed by atoms with Gasteiger partial charge in [0.05, 0.1) is 13.7 Å². The van der Waals surface area contributed by atoms with Gasteiger partial charge < -0.3 is 10.1 Å². The second-order valence-electron chi connectivity index (χ2n) is 5.32. The van der Waals surface area contributed by atoms with Gasteiger partial charge in [-0.15, -0.1) is 0 Å². The molecule has 0 radical (unpaired) electrons. The molecule has 0 unspecified atom stereocenters. The fourth-order valence-corrected chi connectivity index (χ4v) is 2.64. The predicted molar refractivity (Wildman–Crippen MR) is 83.4 cm³/mol. The molecule has 21 heavy (non-hydrogen) atoms. The third-order valence-corrected chi connectivity index (χ3v) is 3.79. The quantitative estimate of drug-likeness (QED) is 0.847. The molecule has 1 amide bonds. The highest BCUT2D eigenvalue weighted by Crippen LogP contribution is 2.19. The van der Waals surface area contributed by atoms with E-state index in [2.05, 4.69) is 21.2 Å². The van der Waals surface area contributed by atoms with Crippen molar-refractivity contribution < 1.29 is 9.53 Å². The molecule has 0 bridgehead atoms. The number of para-hydroxylation sites is 1. The van der Waals surface area contributed by atoms with Gasteiger partial charge in [0.15, 0.2) is 0 Å². The summed E-state index contributed by atoms with van der Waals surface area (Å²) in [6, 6.07) is 8.15. The van der Waals surface area contributed by atoms with E-state index in [0.717, 1.165) is 38.5 Å². The molecule has 0 atom stereocenters. The molecule has 0 saturated carbocycles. The van der Waals surface area contributed by atoms with Crippen LogP contribution in [-0.2, 0) is 11.3 Å². The van der Waals surface area contributed by atoms with Crippen molar-refractivity contribution in [3.8, 4) is 5.75 Å². The number of methoxy groups -OCH3 is 1. The number of carbonyl (C=O) groups is 1. The van der Waals surface area contributed by atoms with Crippen molar-refractivity contribution in [3.05, 3.63) is 29.8 Å². The Morgan fingerprint density at radius 2 is 1.86 bits per heavy atom. The zero-order valence-electron chi connectivity index (χ0n) is 13.0. The van der Waals surface area contributed by atoms with Crippen molar-refractivity contribution in [2.24, 2.45) is 0 Å². The average molecular weight is 291 g/mol. The van der Waals surface area contributed by atoms with E-state index in [0.29, 0.717) is 13.1 Å². The molecule has 1 aliphatic heterocycles. The Morgan fingerprint density at radius 3 is 2.52 bits per heavy atom. The molecule has 2 rings (SSSR count). The zero-order valence-corrected chi connectivity index (χ0v) is 13.0. The minimum absolute atomic E-state index is 0.121. The molecule has 0 spiro atoms. The standard InChI is InChI=1S/C16H25N3O2/c1-3-17-16(20)13-19-10-8-18(9-11-19)12-14-6-4-5-7-15(14)21-2/h4-7H,3,8-13H2,1-2H3,(H,17,20). The number of benzene rings is 1. The summed E-state index contributed by atoms with van der Waals surface area (Å²) < 4.78 is 5.40. The first-order valence-corrected chi connectivity index (χ1v) is 7.56. The summed E-state index contributed by atoms with van der Waals surface area (Å²) in [4.78, 5) is 16.2. The maximum Gasteiger partial charge on any atom is 0.234 e. The van der Waals surface area contributed by atoms with Crippen LogP contribution in [0.15, 0.2) is 24.3 Å². The number of ether oxygens (including phenoxy) is 1. The monoisotopic (exact) mass is 291 g/mol. The van der Waals surface area contributed by atoms with E-state index in [1.807, 2.05) is 25.1 Å². The molecule has 0 aromatic heterocycles. The summed E-state index contributed by atoms with van der Waals surface area (Å²) in [7, 11) is 1.71. The van der Waals surface area contributed by atoms with Crippen molar-refractivity contribution in [1.29, 1.82) is 0 Å². The van der Waals surface area contributed by atoms with Crippen LogP contribution in [0.5, 0.6) is 5.75 Å². The van der Waals surface area contributed by atoms with E-state index in [1.165, 1.54) is 5.56 Å². The van der Waals surface area contributed by atoms with Crippen molar-refractivity contribution in [2.75, 3.05) is 46.4 Å². The average Bonchev–Trinajstić information content (AvgIpc) is 2.50. The Labute approximate surface area is 126 Å². The van der Waals surface area contributed by atoms with E-state index in [4.69, 9.17) is 4.74 Å². The lowest BCUT2D eigenvalue weighted by Crippen LogP contribution is -2.49. The summed E-state index contributed by atoms with van der Waals surface area (Å²) in [5.74, 6) is 1.07. The fourth-order valence-electron chi connectivity index (χ4n) is 2.64. The summed E-state index contributed by atoms with van der Waals surface area (Å²) in [6.07, 6.45) is 0. The Bertz CT molecular complexity index is 457. The maximum atomic E-state index is 11.6. The predicted octanol–water partition coefficient (Wildman–Crippen LogP) is 0.949. The van der Waals surface area contributed by atoms with Crippen LogP contribution >= 0.6 is 0 Å². The SMILES string of the molecule is CCNC(=O)CN1CCN(Cc2ccccc2OC)CC1. The van der Waals surface area contributed by atoms with Crippen LogP contribution in [0, 0.1) is 0 Å². The van der Waals surface area contributed by atoms with E-state index in [-0.39, 0.29) is 5.91 Å². The van der Waals surface area contributed by atoms with Crippen molar-refractivity contribution >= 4 is 5.91 Å². The number of amides is 1. The fraction of sp³-hybridized carbons (Fsp3) is 0.562. The van der Waals surface area contributed by atoms with Crippen LogP contribution in [0.1, 0.15) is 12.5 Å². The molecular weight excluding hydrogens is 266 g/mol. The summed E-state index contributed by atoms with van der Waals surface area (Å²) in [5.41, 5.74) is 1.22. The van der Waals surface area contributed by atoms with Crippen LogP contribution in [0.4, 0.5) is 0 Å². The van der Waals surface area contributed by atoms with Gasteiger partial charge in [0.25, 0.3) is 0 Å². The number of nitrogens with zero attached hydrogens (tertiary/aromatic N) is 2. The Hall–Kier alpha value is -1.59. The van der Waals surface area contributed by atoms with Crippen molar-refractivity contribution in [2.45, 2.75) is 13.5 Å². The maximum absolute atomic E-state index is 11.6. The van der Waals surface area contributed by atoms with Crippen LogP contribution < -0.4 is 10.1 Å². The number of carbonyl (C=O) groups excluding carboxylic acids is 1. The smallest absolute Gasteiger partial charge is 0.234 e. The lowest BCUT2D eigenvalue weighted by Gasteiger charge is -2.34. The third-order valence-electron chi connectivity index (χ3n) is 3.79. The van der Waals surface area contributed by atoms with Gasteiger partial charge in [-0.1, -0.05) is 18.2 Å². The molecule has 1 aromatic carbocycles. The summed E-state index contributed by atoms with van der Waals surface area (Å²) >= 11 is 0. The molecule has 116 valence electrons. The molecule has 1 N–H and O–H groups in total. The van der Waals surface area contributed by atoms with Crippen LogP contribution in [0.25, 0.3) is 0 Å². The van der Waals surface area contributed by atoms with Crippen LogP contribution in [-0.4, -0.2) is 62.1 Å². The minimum atomic E-state index is 0.121. The highest BCUT2D eigenvalue weighted by atomic mass is 16.5. The highest BCUT2D eigenvalue weighted by molar-refractivity contribution is 5.77. The molecule has 1 aliphatic rings. The lowest BCUT2D eigenvalue weighted by molar-refractivity contribution is -0.122. The lowest BCUT2D eigenvalue weighted by atomic mass is 10.1. The Kier molecular flexibility index (Phi) is 6.02.